The summed E-state index contributed by atoms with van der Waals surface area (Å²) in [4.78, 5) is 15.7. The van der Waals surface area contributed by atoms with Gasteiger partial charge in [-0.15, -0.1) is 0 Å². The van der Waals surface area contributed by atoms with E-state index in [1.807, 2.05) is 0 Å². The number of primary sulfonamides is 1. The number of sulfonamides is 1. The van der Waals surface area contributed by atoms with Crippen molar-refractivity contribution in [2.24, 2.45) is 5.14 Å². The molecule has 1 heterocycles. The lowest BCUT2D eigenvalue weighted by Gasteiger charge is -2.11. The first-order valence-corrected chi connectivity index (χ1v) is 8.72. The van der Waals surface area contributed by atoms with Crippen LogP contribution in [-0.2, 0) is 10.0 Å². The second-order valence-electron chi connectivity index (χ2n) is 5.15. The standard InChI is InChI=1S/C15H14F3N3O5S/c1-25-12-4-3-10(27(19,23)24)6-11(12)14(22)21-9-2-5-13(20-7-9)26-8-15(16,17)18/h2-7H,8H2,1H3,(H,21,22)(H2,19,23,24). The molecule has 0 aliphatic rings. The summed E-state index contributed by atoms with van der Waals surface area (Å²) in [5, 5.41) is 7.46. The number of ether oxygens (including phenoxy) is 2. The number of alkyl halides is 3. The Kier molecular flexibility index (Phi) is 5.91. The number of benzene rings is 1. The molecule has 0 bridgehead atoms. The molecule has 0 aliphatic heterocycles. The molecule has 2 rings (SSSR count). The molecule has 0 radical (unpaired) electrons. The number of carbonyl (C=O) groups is 1. The Labute approximate surface area is 152 Å². The quantitative estimate of drug-likeness (QED) is 0.758. The summed E-state index contributed by atoms with van der Waals surface area (Å²) in [5.74, 6) is -0.916. The van der Waals surface area contributed by atoms with E-state index < -0.39 is 28.7 Å². The molecule has 1 amide bonds. The van der Waals surface area contributed by atoms with Crippen LogP contribution in [0.25, 0.3) is 0 Å². The summed E-state index contributed by atoms with van der Waals surface area (Å²) in [6.45, 7) is -1.50. The predicted octanol–water partition coefficient (Wildman–Crippen LogP) is 1.93. The number of amides is 1. The lowest BCUT2D eigenvalue weighted by molar-refractivity contribution is -0.154. The van der Waals surface area contributed by atoms with Crippen molar-refractivity contribution < 1.29 is 35.9 Å². The molecule has 0 aliphatic carbocycles. The highest BCUT2D eigenvalue weighted by Gasteiger charge is 2.28. The number of methoxy groups -OCH3 is 1. The number of hydrogen-bond donors (Lipinski definition) is 2. The third-order valence-electron chi connectivity index (χ3n) is 3.12. The molecule has 0 saturated heterocycles. The first kappa shape index (κ1) is 20.5. The van der Waals surface area contributed by atoms with E-state index in [-0.39, 0.29) is 27.8 Å². The van der Waals surface area contributed by atoms with Gasteiger partial charge in [0, 0.05) is 6.07 Å². The number of nitrogens with one attached hydrogen (secondary N) is 1. The Bertz CT molecular complexity index is 931. The van der Waals surface area contributed by atoms with Crippen molar-refractivity contribution in [1.29, 1.82) is 0 Å². The number of halogens is 3. The summed E-state index contributed by atoms with van der Waals surface area (Å²) >= 11 is 0. The molecule has 27 heavy (non-hydrogen) atoms. The summed E-state index contributed by atoms with van der Waals surface area (Å²) in [6, 6.07) is 5.89. The van der Waals surface area contributed by atoms with Gasteiger partial charge in [0.15, 0.2) is 6.61 Å². The number of rotatable bonds is 6. The fraction of sp³-hybridized carbons (Fsp3) is 0.200. The van der Waals surface area contributed by atoms with E-state index in [9.17, 15) is 26.4 Å². The van der Waals surface area contributed by atoms with Crippen LogP contribution >= 0.6 is 0 Å². The summed E-state index contributed by atoms with van der Waals surface area (Å²) in [6.07, 6.45) is -3.42. The second-order valence-corrected chi connectivity index (χ2v) is 6.71. The molecule has 8 nitrogen and oxygen atoms in total. The molecule has 0 saturated carbocycles. The maximum Gasteiger partial charge on any atom is 0.422 e. The highest BCUT2D eigenvalue weighted by atomic mass is 32.2. The molecule has 2 aromatic rings. The highest BCUT2D eigenvalue weighted by molar-refractivity contribution is 7.89. The van der Waals surface area contributed by atoms with E-state index in [1.54, 1.807) is 0 Å². The van der Waals surface area contributed by atoms with Crippen molar-refractivity contribution in [2.75, 3.05) is 19.0 Å². The van der Waals surface area contributed by atoms with Gasteiger partial charge >= 0.3 is 6.18 Å². The second kappa shape index (κ2) is 7.80. The lowest BCUT2D eigenvalue weighted by atomic mass is 10.2. The van der Waals surface area contributed by atoms with Crippen LogP contribution in [0.1, 0.15) is 10.4 Å². The molecular weight excluding hydrogens is 391 g/mol. The van der Waals surface area contributed by atoms with E-state index >= 15 is 0 Å². The monoisotopic (exact) mass is 405 g/mol. The largest absolute Gasteiger partial charge is 0.496 e. The molecule has 12 heteroatoms. The fourth-order valence-corrected chi connectivity index (χ4v) is 2.48. The zero-order chi connectivity index (χ0) is 20.2. The van der Waals surface area contributed by atoms with Crippen LogP contribution in [0.4, 0.5) is 18.9 Å². The summed E-state index contributed by atoms with van der Waals surface area (Å²) < 4.78 is 68.6. The van der Waals surface area contributed by atoms with Gasteiger partial charge in [-0.3, -0.25) is 4.79 Å². The minimum atomic E-state index is -4.50. The Balaban J connectivity index is 2.17. The van der Waals surface area contributed by atoms with Crippen molar-refractivity contribution in [2.45, 2.75) is 11.1 Å². The van der Waals surface area contributed by atoms with E-state index in [0.29, 0.717) is 0 Å². The predicted molar refractivity (Wildman–Crippen MR) is 88.1 cm³/mol. The van der Waals surface area contributed by atoms with Gasteiger partial charge in [-0.25, -0.2) is 18.5 Å². The zero-order valence-electron chi connectivity index (χ0n) is 13.8. The molecule has 0 atom stereocenters. The Morgan fingerprint density at radius 1 is 1.26 bits per heavy atom. The molecule has 0 spiro atoms. The summed E-state index contributed by atoms with van der Waals surface area (Å²) in [7, 11) is -2.75. The Morgan fingerprint density at radius 3 is 2.48 bits per heavy atom. The van der Waals surface area contributed by atoms with E-state index in [4.69, 9.17) is 9.88 Å². The van der Waals surface area contributed by atoms with Crippen LogP contribution in [-0.4, -0.2) is 39.2 Å². The smallest absolute Gasteiger partial charge is 0.422 e. The summed E-state index contributed by atoms with van der Waals surface area (Å²) in [5.41, 5.74) is 0.0313. The highest BCUT2D eigenvalue weighted by Crippen LogP contribution is 2.24. The van der Waals surface area contributed by atoms with Crippen molar-refractivity contribution >= 4 is 21.6 Å². The van der Waals surface area contributed by atoms with Gasteiger partial charge < -0.3 is 14.8 Å². The van der Waals surface area contributed by atoms with Gasteiger partial charge in [-0.05, 0) is 24.3 Å². The zero-order valence-corrected chi connectivity index (χ0v) is 14.6. The maximum absolute atomic E-state index is 12.4. The number of pyridine rings is 1. The van der Waals surface area contributed by atoms with Crippen LogP contribution in [0.3, 0.4) is 0 Å². The third-order valence-corrected chi connectivity index (χ3v) is 4.03. The number of hydrogen-bond acceptors (Lipinski definition) is 6. The van der Waals surface area contributed by atoms with Crippen molar-refractivity contribution in [3.63, 3.8) is 0 Å². The fourth-order valence-electron chi connectivity index (χ4n) is 1.94. The van der Waals surface area contributed by atoms with E-state index in [1.165, 1.54) is 25.3 Å². The van der Waals surface area contributed by atoms with Gasteiger partial charge in [0.1, 0.15) is 5.75 Å². The first-order chi connectivity index (χ1) is 12.5. The molecule has 1 aromatic heterocycles. The van der Waals surface area contributed by atoms with Crippen molar-refractivity contribution in [1.82, 2.24) is 4.98 Å². The molecular formula is C15H14F3N3O5S. The van der Waals surface area contributed by atoms with E-state index in [2.05, 4.69) is 15.0 Å². The van der Waals surface area contributed by atoms with E-state index in [0.717, 1.165) is 18.3 Å². The molecule has 3 N–H and O–H groups in total. The number of aromatic nitrogens is 1. The van der Waals surface area contributed by atoms with Crippen LogP contribution in [0.2, 0.25) is 0 Å². The minimum absolute atomic E-state index is 0.0954. The first-order valence-electron chi connectivity index (χ1n) is 7.17. The Morgan fingerprint density at radius 2 is 1.96 bits per heavy atom. The van der Waals surface area contributed by atoms with Gasteiger partial charge in [0.2, 0.25) is 15.9 Å². The van der Waals surface area contributed by atoms with Crippen LogP contribution < -0.4 is 19.9 Å². The third kappa shape index (κ3) is 5.82. The number of nitrogens with two attached hydrogens (primary N) is 1. The molecule has 146 valence electrons. The van der Waals surface area contributed by atoms with Crippen molar-refractivity contribution in [3.05, 3.63) is 42.1 Å². The SMILES string of the molecule is COc1ccc(S(N)(=O)=O)cc1C(=O)Nc1ccc(OCC(F)(F)F)nc1. The van der Waals surface area contributed by atoms with Gasteiger partial charge in [0.05, 0.1) is 29.5 Å². The molecule has 1 aromatic carbocycles. The number of nitrogens with zero attached hydrogens (tertiary/aromatic N) is 1. The minimum Gasteiger partial charge on any atom is -0.496 e. The van der Waals surface area contributed by atoms with Gasteiger partial charge in [-0.2, -0.15) is 13.2 Å². The number of carbonyl (C=O) groups excluding carboxylic acids is 1. The average molecular weight is 405 g/mol. The molecule has 0 unspecified atom stereocenters. The Hall–Kier alpha value is -2.86. The van der Waals surface area contributed by atoms with Gasteiger partial charge in [0.25, 0.3) is 5.91 Å². The molecule has 0 fully saturated rings. The average Bonchev–Trinajstić information content (AvgIpc) is 2.59. The number of anilines is 1. The van der Waals surface area contributed by atoms with Gasteiger partial charge in [-0.1, -0.05) is 0 Å². The maximum atomic E-state index is 12.4. The normalized spacial score (nSPS) is 11.7. The van der Waals surface area contributed by atoms with Crippen LogP contribution in [0.5, 0.6) is 11.6 Å². The lowest BCUT2D eigenvalue weighted by Crippen LogP contribution is -2.19. The van der Waals surface area contributed by atoms with Crippen molar-refractivity contribution in [3.8, 4) is 11.6 Å². The van der Waals surface area contributed by atoms with Crippen LogP contribution in [0.15, 0.2) is 41.4 Å². The topological polar surface area (TPSA) is 121 Å². The van der Waals surface area contributed by atoms with Crippen LogP contribution in [0, 0.1) is 0 Å².